The number of allylic oxidation sites excluding steroid dienone is 7. The second kappa shape index (κ2) is 16.0. The van der Waals surface area contributed by atoms with Crippen LogP contribution >= 0.6 is 11.6 Å². The number of alkyl halides is 1. The fourth-order valence-corrected chi connectivity index (χ4v) is 4.04. The monoisotopic (exact) mass is 493 g/mol. The summed E-state index contributed by atoms with van der Waals surface area (Å²) in [6.07, 6.45) is 17.8. The molecule has 0 aliphatic heterocycles. The molecule has 0 spiro atoms. The van der Waals surface area contributed by atoms with Crippen LogP contribution in [0.5, 0.6) is 0 Å². The third-order valence-corrected chi connectivity index (χ3v) is 5.95. The van der Waals surface area contributed by atoms with Gasteiger partial charge in [-0.25, -0.2) is 9.38 Å². The standard InChI is InChI=1S/C25H34FN3O3.CH3Cl/c1-4-14-28-25(18(2)24(27)31)32-17-23(30)29(3)22-11-6-5-8-20(16-22)15-19-9-7-10-21(26)13-12-19;1-2/h4,7,10,12-14,20,22H,1,5-6,8-9,11,15-17H2,2-3H3,(H2,27,31);1H3/b25-18-,28-14-;/t20-,22?;/m1./s1. The molecule has 34 heavy (non-hydrogen) atoms. The molecule has 6 nitrogen and oxygen atoms in total. The van der Waals surface area contributed by atoms with Gasteiger partial charge in [0.1, 0.15) is 5.83 Å². The molecule has 0 heterocycles. The first-order valence-corrected chi connectivity index (χ1v) is 12.2. The number of nitrogens with two attached hydrogens (primary N) is 1. The zero-order valence-corrected chi connectivity index (χ0v) is 21.2. The van der Waals surface area contributed by atoms with Gasteiger partial charge in [0.15, 0.2) is 6.61 Å². The lowest BCUT2D eigenvalue weighted by molar-refractivity contribution is -0.136. The summed E-state index contributed by atoms with van der Waals surface area (Å²) in [5.41, 5.74) is 6.67. The van der Waals surface area contributed by atoms with Crippen LogP contribution in [0, 0.1) is 5.92 Å². The Balaban J connectivity index is 0.00000281. The maximum absolute atomic E-state index is 13.4. The molecular weight excluding hydrogens is 457 g/mol. The van der Waals surface area contributed by atoms with Crippen LogP contribution in [0.2, 0.25) is 0 Å². The Labute approximate surface area is 207 Å². The Morgan fingerprint density at radius 2 is 2.03 bits per heavy atom. The van der Waals surface area contributed by atoms with Crippen molar-refractivity contribution < 1.29 is 18.7 Å². The van der Waals surface area contributed by atoms with Crippen LogP contribution in [0.1, 0.15) is 51.9 Å². The Kier molecular flexibility index (Phi) is 13.9. The molecular formula is C26H37ClFN3O3. The third kappa shape index (κ3) is 10.1. The zero-order chi connectivity index (χ0) is 25.5. The van der Waals surface area contributed by atoms with Gasteiger partial charge < -0.3 is 15.4 Å². The Hall–Kier alpha value is -2.67. The molecule has 0 aromatic heterocycles. The van der Waals surface area contributed by atoms with E-state index in [4.69, 9.17) is 10.5 Å². The number of aliphatic imine (C=N–C) groups is 1. The molecule has 0 aromatic carbocycles. The fraction of sp³-hybridized carbons (Fsp3) is 0.500. The Morgan fingerprint density at radius 1 is 1.32 bits per heavy atom. The largest absolute Gasteiger partial charge is 0.467 e. The van der Waals surface area contributed by atoms with Crippen molar-refractivity contribution in [3.63, 3.8) is 0 Å². The molecule has 1 fully saturated rings. The molecule has 2 aliphatic carbocycles. The van der Waals surface area contributed by atoms with E-state index in [1.54, 1.807) is 11.9 Å². The molecule has 0 aromatic rings. The van der Waals surface area contributed by atoms with E-state index >= 15 is 0 Å². The van der Waals surface area contributed by atoms with Crippen molar-refractivity contribution in [2.24, 2.45) is 16.6 Å². The number of carbonyl (C=O) groups excluding carboxylic acids is 2. The van der Waals surface area contributed by atoms with Gasteiger partial charge in [0, 0.05) is 25.7 Å². The summed E-state index contributed by atoms with van der Waals surface area (Å²) >= 11 is 4.64. The highest BCUT2D eigenvalue weighted by molar-refractivity contribution is 6.15. The van der Waals surface area contributed by atoms with Crippen molar-refractivity contribution in [3.8, 4) is 0 Å². The summed E-state index contributed by atoms with van der Waals surface area (Å²) in [6.45, 7) is 4.81. The number of ether oxygens (including phenoxy) is 1. The van der Waals surface area contributed by atoms with Gasteiger partial charge in [-0.3, -0.25) is 9.59 Å². The molecule has 188 valence electrons. The number of primary amides is 1. The average molecular weight is 494 g/mol. The van der Waals surface area contributed by atoms with Crippen molar-refractivity contribution in [1.82, 2.24) is 4.90 Å². The van der Waals surface area contributed by atoms with Gasteiger partial charge in [0.25, 0.3) is 5.91 Å². The quantitative estimate of drug-likeness (QED) is 0.154. The molecule has 0 saturated heterocycles. The Bertz CT molecular complexity index is 861. The van der Waals surface area contributed by atoms with E-state index in [0.717, 1.165) is 44.9 Å². The number of hydrogen-bond donors (Lipinski definition) is 1. The molecule has 8 heteroatoms. The number of amides is 2. The number of rotatable bonds is 9. The molecule has 0 radical (unpaired) electrons. The first-order valence-electron chi connectivity index (χ1n) is 11.5. The highest BCUT2D eigenvalue weighted by Gasteiger charge is 2.27. The summed E-state index contributed by atoms with van der Waals surface area (Å²) in [7, 11) is 1.79. The smallest absolute Gasteiger partial charge is 0.260 e. The van der Waals surface area contributed by atoms with E-state index in [-0.39, 0.29) is 35.8 Å². The van der Waals surface area contributed by atoms with Crippen LogP contribution < -0.4 is 5.73 Å². The number of hydrogen-bond acceptors (Lipinski definition) is 4. The van der Waals surface area contributed by atoms with Crippen LogP contribution in [-0.2, 0) is 14.3 Å². The second-order valence-corrected chi connectivity index (χ2v) is 8.33. The normalized spacial score (nSPS) is 21.1. The first kappa shape index (κ1) is 29.4. The van der Waals surface area contributed by atoms with Gasteiger partial charge in [-0.15, -0.1) is 11.6 Å². The predicted molar refractivity (Wildman–Crippen MR) is 137 cm³/mol. The molecule has 1 unspecified atom stereocenters. The number of carbonyl (C=O) groups is 2. The van der Waals surface area contributed by atoms with Gasteiger partial charge in [-0.1, -0.05) is 49.6 Å². The predicted octanol–water partition coefficient (Wildman–Crippen LogP) is 5.37. The van der Waals surface area contributed by atoms with E-state index in [0.29, 0.717) is 5.92 Å². The average Bonchev–Trinajstić information content (AvgIpc) is 3.19. The van der Waals surface area contributed by atoms with Gasteiger partial charge in [-0.05, 0) is 50.7 Å². The van der Waals surface area contributed by atoms with Crippen LogP contribution in [0.15, 0.2) is 64.8 Å². The maximum Gasteiger partial charge on any atom is 0.260 e. The summed E-state index contributed by atoms with van der Waals surface area (Å²) in [5, 5.41) is 0. The SMILES string of the molecule is C=C/C=N\C(OCC(=O)N(C)C1CCCC[C@H](CC2=CC=C(F)C=CC2)C1)=C(/C)C(N)=O.CCl. The highest BCUT2D eigenvalue weighted by atomic mass is 35.5. The van der Waals surface area contributed by atoms with Crippen molar-refractivity contribution in [2.45, 2.75) is 57.9 Å². The van der Waals surface area contributed by atoms with Crippen LogP contribution in [0.25, 0.3) is 0 Å². The molecule has 2 aliphatic rings. The Morgan fingerprint density at radius 3 is 2.71 bits per heavy atom. The van der Waals surface area contributed by atoms with Crippen molar-refractivity contribution in [1.29, 1.82) is 0 Å². The van der Waals surface area contributed by atoms with Gasteiger partial charge >= 0.3 is 0 Å². The zero-order valence-electron chi connectivity index (χ0n) is 20.4. The number of likely N-dealkylation sites (N-methyl/N-ethyl adjacent to an activating group) is 1. The van der Waals surface area contributed by atoms with Crippen LogP contribution in [0.3, 0.4) is 0 Å². The highest BCUT2D eigenvalue weighted by Crippen LogP contribution is 2.32. The minimum absolute atomic E-state index is 0.0199. The van der Waals surface area contributed by atoms with Gasteiger partial charge in [0.2, 0.25) is 11.8 Å². The molecule has 0 bridgehead atoms. The summed E-state index contributed by atoms with van der Waals surface area (Å²) < 4.78 is 19.0. The molecule has 2 rings (SSSR count). The topological polar surface area (TPSA) is 85.0 Å². The maximum atomic E-state index is 13.4. The van der Waals surface area contributed by atoms with Crippen molar-refractivity contribution >= 4 is 29.6 Å². The fourth-order valence-electron chi connectivity index (χ4n) is 4.04. The lowest BCUT2D eigenvalue weighted by Crippen LogP contribution is -2.40. The third-order valence-electron chi connectivity index (χ3n) is 5.95. The lowest BCUT2D eigenvalue weighted by Gasteiger charge is -2.30. The minimum atomic E-state index is -0.661. The van der Waals surface area contributed by atoms with Crippen LogP contribution in [-0.4, -0.2) is 49.0 Å². The molecule has 2 amide bonds. The van der Waals surface area contributed by atoms with E-state index in [2.05, 4.69) is 23.2 Å². The molecule has 2 atom stereocenters. The van der Waals surface area contributed by atoms with E-state index in [9.17, 15) is 14.0 Å². The summed E-state index contributed by atoms with van der Waals surface area (Å²) in [4.78, 5) is 30.0. The summed E-state index contributed by atoms with van der Waals surface area (Å²) in [6, 6.07) is 0.106. The van der Waals surface area contributed by atoms with Gasteiger partial charge in [0.05, 0.1) is 5.57 Å². The van der Waals surface area contributed by atoms with Gasteiger partial charge in [-0.2, -0.15) is 0 Å². The molecule has 2 N–H and O–H groups in total. The van der Waals surface area contributed by atoms with E-state index in [1.165, 1.54) is 43.3 Å². The van der Waals surface area contributed by atoms with E-state index < -0.39 is 5.91 Å². The first-order chi connectivity index (χ1) is 16.3. The molecule has 1 saturated carbocycles. The van der Waals surface area contributed by atoms with Crippen molar-refractivity contribution in [3.05, 3.63) is 59.8 Å². The number of halogens is 2. The summed E-state index contributed by atoms with van der Waals surface area (Å²) in [5.74, 6) is -0.600. The second-order valence-electron chi connectivity index (χ2n) is 8.33. The lowest BCUT2D eigenvalue weighted by atomic mass is 9.89. The van der Waals surface area contributed by atoms with Crippen LogP contribution in [0.4, 0.5) is 4.39 Å². The minimum Gasteiger partial charge on any atom is -0.467 e. The number of nitrogens with zero attached hydrogens (tertiary/aromatic N) is 2. The van der Waals surface area contributed by atoms with E-state index in [1.807, 2.05) is 12.2 Å². The van der Waals surface area contributed by atoms with Crippen molar-refractivity contribution in [2.75, 3.05) is 20.0 Å².